The third kappa shape index (κ3) is 2.26. The van der Waals surface area contributed by atoms with Gasteiger partial charge in [0.2, 0.25) is 5.91 Å². The Morgan fingerprint density at radius 3 is 2.56 bits per heavy atom. The van der Waals surface area contributed by atoms with E-state index < -0.39 is 0 Å². The molecule has 3 N–H and O–H groups in total. The van der Waals surface area contributed by atoms with Gasteiger partial charge in [-0.25, -0.2) is 0 Å². The summed E-state index contributed by atoms with van der Waals surface area (Å²) in [6, 6.07) is -0.0945. The van der Waals surface area contributed by atoms with Crippen LogP contribution < -0.4 is 11.1 Å². The minimum atomic E-state index is -0.113. The fraction of sp³-hybridized carbons (Fsp3) is 0.923. The van der Waals surface area contributed by atoms with Crippen LogP contribution >= 0.6 is 12.4 Å². The topological polar surface area (TPSA) is 64.3 Å². The monoisotopic (exact) mass is 274 g/mol. The molecule has 0 aromatic rings. The second-order valence-corrected chi connectivity index (χ2v) is 6.28. The first-order valence-electron chi connectivity index (χ1n) is 6.78. The quantitative estimate of drug-likeness (QED) is 0.813. The van der Waals surface area contributed by atoms with Gasteiger partial charge in [0.05, 0.1) is 18.1 Å². The van der Waals surface area contributed by atoms with Crippen LogP contribution in [0.15, 0.2) is 0 Å². The van der Waals surface area contributed by atoms with Crippen molar-refractivity contribution in [2.24, 2.45) is 17.1 Å². The first-order valence-corrected chi connectivity index (χ1v) is 6.78. The maximum atomic E-state index is 12.2. The van der Waals surface area contributed by atoms with E-state index >= 15 is 0 Å². The molecule has 1 saturated carbocycles. The van der Waals surface area contributed by atoms with E-state index in [1.165, 1.54) is 19.3 Å². The van der Waals surface area contributed by atoms with Gasteiger partial charge >= 0.3 is 0 Å². The highest BCUT2D eigenvalue weighted by Crippen LogP contribution is 2.40. The highest BCUT2D eigenvalue weighted by molar-refractivity contribution is 5.85. The number of rotatable bonds is 3. The molecule has 3 aliphatic rings. The van der Waals surface area contributed by atoms with Crippen LogP contribution in [0, 0.1) is 11.3 Å². The Labute approximate surface area is 114 Å². The van der Waals surface area contributed by atoms with Crippen LogP contribution in [-0.2, 0) is 9.53 Å². The molecule has 1 aliphatic carbocycles. The van der Waals surface area contributed by atoms with Crippen LogP contribution in [0.5, 0.6) is 0 Å². The summed E-state index contributed by atoms with van der Waals surface area (Å²) in [5.74, 6) is -0.00440. The van der Waals surface area contributed by atoms with Crippen LogP contribution in [0.3, 0.4) is 0 Å². The maximum Gasteiger partial charge on any atom is 0.227 e. The molecule has 0 spiro atoms. The van der Waals surface area contributed by atoms with Gasteiger partial charge in [-0.3, -0.25) is 4.79 Å². The van der Waals surface area contributed by atoms with E-state index in [0.29, 0.717) is 5.41 Å². The molecular weight excluding hydrogens is 252 g/mol. The Bertz CT molecular complexity index is 331. The number of carbonyl (C=O) groups is 1. The van der Waals surface area contributed by atoms with Crippen molar-refractivity contribution in [2.45, 2.75) is 57.3 Å². The predicted molar refractivity (Wildman–Crippen MR) is 71.6 cm³/mol. The van der Waals surface area contributed by atoms with Crippen molar-refractivity contribution >= 4 is 18.3 Å². The minimum Gasteiger partial charge on any atom is -0.372 e. The minimum absolute atomic E-state index is 0. The molecule has 2 aliphatic heterocycles. The largest absolute Gasteiger partial charge is 0.372 e. The summed E-state index contributed by atoms with van der Waals surface area (Å²) in [7, 11) is 0. The highest BCUT2D eigenvalue weighted by atomic mass is 35.5. The van der Waals surface area contributed by atoms with Gasteiger partial charge in [-0.05, 0) is 31.1 Å². The summed E-state index contributed by atoms with van der Waals surface area (Å²) in [6.45, 7) is 3.04. The Kier molecular flexibility index (Phi) is 3.90. The third-order valence-electron chi connectivity index (χ3n) is 4.88. The Balaban J connectivity index is 0.00000120. The van der Waals surface area contributed by atoms with Crippen molar-refractivity contribution in [3.05, 3.63) is 0 Å². The average molecular weight is 275 g/mol. The first kappa shape index (κ1) is 14.1. The van der Waals surface area contributed by atoms with Crippen LogP contribution in [0.2, 0.25) is 0 Å². The van der Waals surface area contributed by atoms with Gasteiger partial charge < -0.3 is 15.8 Å². The summed E-state index contributed by atoms with van der Waals surface area (Å²) in [4.78, 5) is 12.2. The van der Waals surface area contributed by atoms with E-state index in [1.807, 2.05) is 0 Å². The summed E-state index contributed by atoms with van der Waals surface area (Å²) >= 11 is 0. The Hall–Kier alpha value is -0.320. The lowest BCUT2D eigenvalue weighted by Gasteiger charge is -2.39. The molecule has 4 unspecified atom stereocenters. The molecule has 0 radical (unpaired) electrons. The molecule has 3 fully saturated rings. The van der Waals surface area contributed by atoms with Gasteiger partial charge in [-0.1, -0.05) is 13.3 Å². The third-order valence-corrected chi connectivity index (χ3v) is 4.88. The van der Waals surface area contributed by atoms with E-state index in [9.17, 15) is 4.79 Å². The molecule has 18 heavy (non-hydrogen) atoms. The zero-order valence-corrected chi connectivity index (χ0v) is 11.7. The maximum absolute atomic E-state index is 12.2. The van der Waals surface area contributed by atoms with Gasteiger partial charge in [0, 0.05) is 12.6 Å². The average Bonchev–Trinajstić information content (AvgIpc) is 2.83. The molecule has 2 heterocycles. The van der Waals surface area contributed by atoms with E-state index in [4.69, 9.17) is 10.5 Å². The number of hydrogen-bond acceptors (Lipinski definition) is 3. The van der Waals surface area contributed by atoms with E-state index in [0.717, 1.165) is 19.4 Å². The second-order valence-electron chi connectivity index (χ2n) is 6.28. The number of nitrogens with two attached hydrogens (primary N) is 1. The Morgan fingerprint density at radius 2 is 2.06 bits per heavy atom. The second kappa shape index (κ2) is 4.99. The molecule has 2 saturated heterocycles. The molecule has 2 bridgehead atoms. The number of fused-ring (bicyclic) bond motifs is 2. The molecule has 1 amide bonds. The van der Waals surface area contributed by atoms with Crippen molar-refractivity contribution in [1.29, 1.82) is 0 Å². The van der Waals surface area contributed by atoms with Crippen LogP contribution in [0.1, 0.15) is 39.0 Å². The highest BCUT2D eigenvalue weighted by Gasteiger charge is 2.50. The van der Waals surface area contributed by atoms with Gasteiger partial charge in [0.15, 0.2) is 0 Å². The van der Waals surface area contributed by atoms with Gasteiger partial charge in [0.1, 0.15) is 0 Å². The fourth-order valence-corrected chi connectivity index (χ4v) is 3.43. The first-order chi connectivity index (χ1) is 8.09. The predicted octanol–water partition coefficient (Wildman–Crippen LogP) is 1.22. The summed E-state index contributed by atoms with van der Waals surface area (Å²) in [5.41, 5.74) is 6.40. The molecular formula is C13H23ClN2O2. The molecule has 0 aromatic heterocycles. The zero-order valence-electron chi connectivity index (χ0n) is 10.9. The van der Waals surface area contributed by atoms with E-state index in [2.05, 4.69) is 12.2 Å². The van der Waals surface area contributed by atoms with Crippen molar-refractivity contribution in [1.82, 2.24) is 5.32 Å². The lowest BCUT2D eigenvalue weighted by atomic mass is 9.70. The Morgan fingerprint density at radius 1 is 1.39 bits per heavy atom. The zero-order chi connectivity index (χ0) is 12.0. The molecule has 5 heteroatoms. The van der Waals surface area contributed by atoms with Crippen LogP contribution in [0.25, 0.3) is 0 Å². The van der Waals surface area contributed by atoms with Crippen LogP contribution in [-0.4, -0.2) is 30.7 Å². The van der Waals surface area contributed by atoms with E-state index in [1.54, 1.807) is 0 Å². The fourth-order valence-electron chi connectivity index (χ4n) is 3.43. The van der Waals surface area contributed by atoms with Crippen molar-refractivity contribution < 1.29 is 9.53 Å². The number of nitrogens with one attached hydrogen (secondary N) is 1. The van der Waals surface area contributed by atoms with Gasteiger partial charge in [-0.2, -0.15) is 0 Å². The smallest absolute Gasteiger partial charge is 0.227 e. The van der Waals surface area contributed by atoms with Gasteiger partial charge in [-0.15, -0.1) is 12.4 Å². The SMILES string of the molecule is CC1(CNC(=O)C2C3CCC(O3)C2N)CCC1.Cl. The molecule has 4 nitrogen and oxygen atoms in total. The molecule has 4 atom stereocenters. The summed E-state index contributed by atoms with van der Waals surface area (Å²) < 4.78 is 5.70. The van der Waals surface area contributed by atoms with Crippen molar-refractivity contribution in [3.8, 4) is 0 Å². The molecule has 104 valence electrons. The number of carbonyl (C=O) groups excluding carboxylic acids is 1. The molecule has 0 aromatic carbocycles. The number of halogens is 1. The standard InChI is InChI=1S/C13H22N2O2.ClH/c1-13(5-2-6-13)7-15-12(16)10-8-3-4-9(17-8)11(10)14;/h8-11H,2-7,14H2,1H3,(H,15,16);1H. The lowest BCUT2D eigenvalue weighted by molar-refractivity contribution is -0.127. The van der Waals surface area contributed by atoms with E-state index in [-0.39, 0.29) is 42.5 Å². The number of amides is 1. The van der Waals surface area contributed by atoms with Crippen molar-refractivity contribution in [3.63, 3.8) is 0 Å². The van der Waals surface area contributed by atoms with Crippen LogP contribution in [0.4, 0.5) is 0 Å². The summed E-state index contributed by atoms with van der Waals surface area (Å²) in [5, 5.41) is 3.08. The van der Waals surface area contributed by atoms with Crippen molar-refractivity contribution in [2.75, 3.05) is 6.54 Å². The molecule has 3 rings (SSSR count). The summed E-state index contributed by atoms with van der Waals surface area (Å²) in [6.07, 6.45) is 5.96. The number of ether oxygens (including phenoxy) is 1. The van der Waals surface area contributed by atoms with Gasteiger partial charge in [0.25, 0.3) is 0 Å². The number of hydrogen-bond donors (Lipinski definition) is 2. The normalized spacial score (nSPS) is 39.9. The lowest BCUT2D eigenvalue weighted by Crippen LogP contribution is -2.50.